The molecule has 2 heterocycles. The van der Waals surface area contributed by atoms with E-state index in [0.717, 1.165) is 64.0 Å². The van der Waals surface area contributed by atoms with Gasteiger partial charge in [-0.15, -0.1) is 0 Å². The first kappa shape index (κ1) is 29.0. The molecule has 0 N–H and O–H groups in total. The van der Waals surface area contributed by atoms with Gasteiger partial charge in [-0.1, -0.05) is 19.1 Å². The van der Waals surface area contributed by atoms with E-state index in [0.29, 0.717) is 44.0 Å². The van der Waals surface area contributed by atoms with E-state index < -0.39 is 6.04 Å². The third-order valence-corrected chi connectivity index (χ3v) is 7.84. The molecule has 0 spiro atoms. The van der Waals surface area contributed by atoms with Gasteiger partial charge in [-0.25, -0.2) is 0 Å². The normalized spacial score (nSPS) is 20.9. The lowest BCUT2D eigenvalue weighted by Gasteiger charge is -2.32. The summed E-state index contributed by atoms with van der Waals surface area (Å²) in [6.07, 6.45) is 7.15. The Hall–Kier alpha value is -2.61. The van der Waals surface area contributed by atoms with Gasteiger partial charge in [0.2, 0.25) is 11.8 Å². The zero-order valence-electron chi connectivity index (χ0n) is 23.3. The van der Waals surface area contributed by atoms with Gasteiger partial charge in [0.05, 0.1) is 18.7 Å². The molecule has 2 aliphatic heterocycles. The van der Waals surface area contributed by atoms with Crippen molar-refractivity contribution in [1.29, 1.82) is 0 Å². The third-order valence-electron chi connectivity index (χ3n) is 7.84. The first-order valence-electron chi connectivity index (χ1n) is 14.0. The highest BCUT2D eigenvalue weighted by atomic mass is 16.5. The van der Waals surface area contributed by atoms with Crippen molar-refractivity contribution in [3.63, 3.8) is 0 Å². The minimum atomic E-state index is -0.553. The highest BCUT2D eigenvalue weighted by Crippen LogP contribution is 2.23. The lowest BCUT2D eigenvalue weighted by molar-refractivity contribution is -0.135. The Morgan fingerprint density at radius 2 is 1.76 bits per heavy atom. The number of hydrogen-bond donors (Lipinski definition) is 0. The van der Waals surface area contributed by atoms with E-state index in [1.807, 2.05) is 32.3 Å². The molecule has 0 aromatic heterocycles. The van der Waals surface area contributed by atoms with E-state index in [-0.39, 0.29) is 17.7 Å². The van der Waals surface area contributed by atoms with Crippen LogP contribution in [0.2, 0.25) is 0 Å². The fraction of sp³-hybridized carbons (Fsp3) is 0.690. The van der Waals surface area contributed by atoms with Gasteiger partial charge >= 0.3 is 0 Å². The van der Waals surface area contributed by atoms with Gasteiger partial charge in [0.15, 0.2) is 0 Å². The van der Waals surface area contributed by atoms with E-state index in [9.17, 15) is 14.4 Å². The topological polar surface area (TPSA) is 73.4 Å². The van der Waals surface area contributed by atoms with Gasteiger partial charge < -0.3 is 19.4 Å². The van der Waals surface area contributed by atoms with E-state index in [1.54, 1.807) is 27.8 Å². The largest absolute Gasteiger partial charge is 0.493 e. The molecular formula is C29H46N4O4. The van der Waals surface area contributed by atoms with Gasteiger partial charge in [-0.2, -0.15) is 0 Å². The second-order valence-electron chi connectivity index (χ2n) is 10.9. The highest BCUT2D eigenvalue weighted by molar-refractivity contribution is 5.99. The van der Waals surface area contributed by atoms with Crippen LogP contribution in [0.1, 0.15) is 68.6 Å². The number of carbonyl (C=O) groups is 3. The van der Waals surface area contributed by atoms with Crippen molar-refractivity contribution in [2.24, 2.45) is 5.92 Å². The predicted octanol–water partition coefficient (Wildman–Crippen LogP) is 3.51. The van der Waals surface area contributed by atoms with Crippen LogP contribution < -0.4 is 4.74 Å². The van der Waals surface area contributed by atoms with Crippen molar-refractivity contribution in [2.45, 2.75) is 64.3 Å². The molecular weight excluding hydrogens is 468 g/mol. The number of ether oxygens (including phenoxy) is 1. The maximum absolute atomic E-state index is 13.5. The van der Waals surface area contributed by atoms with Gasteiger partial charge in [0.1, 0.15) is 11.8 Å². The van der Waals surface area contributed by atoms with Crippen LogP contribution in [-0.2, 0) is 9.59 Å². The summed E-state index contributed by atoms with van der Waals surface area (Å²) in [5.41, 5.74) is 0.488. The van der Waals surface area contributed by atoms with Gasteiger partial charge in [-0.05, 0) is 82.5 Å². The molecule has 1 fully saturated rings. The van der Waals surface area contributed by atoms with Crippen LogP contribution in [0.5, 0.6) is 5.75 Å². The van der Waals surface area contributed by atoms with E-state index in [2.05, 4.69) is 11.8 Å². The molecule has 1 atom stereocenters. The number of carbonyl (C=O) groups excluding carboxylic acids is 3. The Bertz CT molecular complexity index is 900. The first-order valence-corrected chi connectivity index (χ1v) is 14.0. The Labute approximate surface area is 222 Å². The van der Waals surface area contributed by atoms with Crippen LogP contribution in [-0.4, -0.2) is 104 Å². The van der Waals surface area contributed by atoms with Crippen LogP contribution in [0.4, 0.5) is 0 Å². The zero-order valence-corrected chi connectivity index (χ0v) is 23.3. The summed E-state index contributed by atoms with van der Waals surface area (Å²) in [5.74, 6) is 1.23. The molecule has 0 aliphatic carbocycles. The monoisotopic (exact) mass is 514 g/mol. The average molecular weight is 515 g/mol. The van der Waals surface area contributed by atoms with E-state index in [4.69, 9.17) is 4.74 Å². The van der Waals surface area contributed by atoms with Gasteiger partial charge in [0, 0.05) is 34.2 Å². The molecule has 0 radical (unpaired) electrons. The Morgan fingerprint density at radius 1 is 1.03 bits per heavy atom. The summed E-state index contributed by atoms with van der Waals surface area (Å²) in [5, 5.41) is 0. The fourth-order valence-corrected chi connectivity index (χ4v) is 5.10. The Morgan fingerprint density at radius 3 is 2.51 bits per heavy atom. The average Bonchev–Trinajstić information content (AvgIpc) is 2.90. The van der Waals surface area contributed by atoms with Gasteiger partial charge in [-0.3, -0.25) is 19.3 Å². The molecule has 3 rings (SSSR count). The number of rotatable bonds is 7. The maximum atomic E-state index is 13.5. The number of piperidine rings is 1. The number of hydrogen-bond acceptors (Lipinski definition) is 5. The summed E-state index contributed by atoms with van der Waals surface area (Å²) < 4.78 is 5.93. The smallest absolute Gasteiger partial charge is 0.258 e. The van der Waals surface area contributed by atoms with Crippen LogP contribution in [0.25, 0.3) is 0 Å². The van der Waals surface area contributed by atoms with Crippen molar-refractivity contribution < 1.29 is 19.1 Å². The SMILES string of the molecule is CC1CCN(CC(=O)N(C)CCCC[C@H]2C(=O)N(C)CCCCCOc3ccccc3C(=O)N2C)CC1. The number of benzene rings is 1. The van der Waals surface area contributed by atoms with Crippen LogP contribution in [0, 0.1) is 5.92 Å². The number of likely N-dealkylation sites (tertiary alicyclic amines) is 1. The van der Waals surface area contributed by atoms with Crippen molar-refractivity contribution >= 4 is 17.7 Å². The molecule has 37 heavy (non-hydrogen) atoms. The van der Waals surface area contributed by atoms with Crippen molar-refractivity contribution in [3.8, 4) is 5.75 Å². The molecule has 2 aliphatic rings. The summed E-state index contributed by atoms with van der Waals surface area (Å²) in [6.45, 7) is 6.60. The Balaban J connectivity index is 1.59. The number of likely N-dealkylation sites (N-methyl/N-ethyl adjacent to an activating group) is 3. The second kappa shape index (κ2) is 14.4. The molecule has 0 bridgehead atoms. The van der Waals surface area contributed by atoms with Crippen molar-refractivity contribution in [1.82, 2.24) is 19.6 Å². The predicted molar refractivity (Wildman–Crippen MR) is 146 cm³/mol. The quantitative estimate of drug-likeness (QED) is 0.521. The van der Waals surface area contributed by atoms with Crippen LogP contribution >= 0.6 is 0 Å². The molecule has 0 unspecified atom stereocenters. The summed E-state index contributed by atoms with van der Waals surface area (Å²) >= 11 is 0. The molecule has 8 heteroatoms. The van der Waals surface area contributed by atoms with Gasteiger partial charge in [0.25, 0.3) is 5.91 Å². The number of para-hydroxylation sites is 1. The number of nitrogens with zero attached hydrogens (tertiary/aromatic N) is 4. The summed E-state index contributed by atoms with van der Waals surface area (Å²) in [7, 11) is 5.40. The van der Waals surface area contributed by atoms with Crippen LogP contribution in [0.3, 0.4) is 0 Å². The molecule has 1 saturated heterocycles. The molecule has 8 nitrogen and oxygen atoms in total. The molecule has 1 aromatic carbocycles. The van der Waals surface area contributed by atoms with Crippen LogP contribution in [0.15, 0.2) is 24.3 Å². The summed E-state index contributed by atoms with van der Waals surface area (Å²) in [6, 6.07) is 6.72. The fourth-order valence-electron chi connectivity index (χ4n) is 5.10. The first-order chi connectivity index (χ1) is 17.8. The minimum absolute atomic E-state index is 0.0303. The third kappa shape index (κ3) is 8.45. The minimum Gasteiger partial charge on any atom is -0.493 e. The molecule has 3 amide bonds. The Kier molecular flexibility index (Phi) is 11.2. The lowest BCUT2D eigenvalue weighted by atomic mass is 9.99. The second-order valence-corrected chi connectivity index (χ2v) is 10.9. The maximum Gasteiger partial charge on any atom is 0.258 e. The summed E-state index contributed by atoms with van der Waals surface area (Å²) in [4.78, 5) is 47.0. The molecule has 1 aromatic rings. The molecule has 0 saturated carbocycles. The van der Waals surface area contributed by atoms with E-state index >= 15 is 0 Å². The van der Waals surface area contributed by atoms with E-state index in [1.165, 1.54) is 0 Å². The number of fused-ring (bicyclic) bond motifs is 1. The van der Waals surface area contributed by atoms with Crippen molar-refractivity contribution in [3.05, 3.63) is 29.8 Å². The standard InChI is InChI=1S/C29H46N4O4/c1-23-15-19-33(20-16-23)22-27(34)30(2)17-10-8-13-25-29(36)31(3)18-9-5-11-21-37-26-14-7-6-12-24(26)28(35)32(25)4/h6-7,12,14,23,25H,5,8-11,13,15-22H2,1-4H3/t25-/m0/s1. The highest BCUT2D eigenvalue weighted by Gasteiger charge is 2.31. The molecule has 206 valence electrons. The number of unbranched alkanes of at least 4 members (excludes halogenated alkanes) is 1. The number of amides is 3. The van der Waals surface area contributed by atoms with Crippen molar-refractivity contribution in [2.75, 3.05) is 60.5 Å². The lowest BCUT2D eigenvalue weighted by Crippen LogP contribution is -2.48. The zero-order chi connectivity index (χ0) is 26.8.